The molecule has 1 aliphatic rings. The van der Waals surface area contributed by atoms with Gasteiger partial charge in [-0.25, -0.2) is 4.79 Å². The van der Waals surface area contributed by atoms with Crippen molar-refractivity contribution in [3.8, 4) is 11.5 Å². The molecule has 1 aliphatic heterocycles. The molecule has 1 aromatic carbocycles. The van der Waals surface area contributed by atoms with E-state index < -0.39 is 12.1 Å². The molecule has 110 valence electrons. The Kier molecular flexibility index (Phi) is 4.65. The second-order valence-corrected chi connectivity index (χ2v) is 4.50. The first-order valence-electron chi connectivity index (χ1n) is 6.32. The molecule has 1 aromatic rings. The Bertz CT molecular complexity index is 481. The number of benzene rings is 1. The summed E-state index contributed by atoms with van der Waals surface area (Å²) in [4.78, 5) is 11.9. The summed E-state index contributed by atoms with van der Waals surface area (Å²) in [6.45, 7) is 1.03. The number of anilines is 1. The minimum atomic E-state index is -0.576. The van der Waals surface area contributed by atoms with E-state index in [-0.39, 0.29) is 6.04 Å². The van der Waals surface area contributed by atoms with E-state index in [0.29, 0.717) is 30.3 Å². The lowest BCUT2D eigenvalue weighted by Gasteiger charge is -2.17. The number of hydrogen-bond acceptors (Lipinski definition) is 5. The van der Waals surface area contributed by atoms with Crippen LogP contribution < -0.4 is 25.4 Å². The van der Waals surface area contributed by atoms with Crippen molar-refractivity contribution >= 4 is 11.7 Å². The van der Waals surface area contributed by atoms with Crippen molar-refractivity contribution in [1.82, 2.24) is 10.6 Å². The molecule has 1 heterocycles. The topological polar surface area (TPSA) is 91.9 Å². The number of carbonyl (C=O) groups is 1. The number of nitrogens with one attached hydrogen (secondary N) is 3. The van der Waals surface area contributed by atoms with Gasteiger partial charge in [0.05, 0.1) is 32.1 Å². The maximum atomic E-state index is 11.9. The second-order valence-electron chi connectivity index (χ2n) is 4.50. The third-order valence-corrected chi connectivity index (χ3v) is 3.15. The average molecular weight is 281 g/mol. The SMILES string of the molecule is COc1ccc(OC)c(NC(=O)N[C@@H]2CNC[C@H]2O)c1. The van der Waals surface area contributed by atoms with E-state index in [0.717, 1.165) is 0 Å². The van der Waals surface area contributed by atoms with Gasteiger partial charge in [-0.1, -0.05) is 0 Å². The molecule has 4 N–H and O–H groups in total. The monoisotopic (exact) mass is 281 g/mol. The lowest BCUT2D eigenvalue weighted by atomic mass is 10.2. The van der Waals surface area contributed by atoms with Crippen molar-refractivity contribution in [3.05, 3.63) is 18.2 Å². The van der Waals surface area contributed by atoms with Gasteiger partial charge < -0.3 is 30.5 Å². The molecule has 2 atom stereocenters. The molecular formula is C13H19N3O4. The van der Waals surface area contributed by atoms with Gasteiger partial charge >= 0.3 is 6.03 Å². The molecule has 0 aliphatic carbocycles. The number of ether oxygens (including phenoxy) is 2. The number of carbonyl (C=O) groups excluding carboxylic acids is 1. The highest BCUT2D eigenvalue weighted by molar-refractivity contribution is 5.91. The average Bonchev–Trinajstić information content (AvgIpc) is 2.84. The Morgan fingerprint density at radius 1 is 1.35 bits per heavy atom. The number of amides is 2. The zero-order valence-electron chi connectivity index (χ0n) is 11.5. The first-order valence-corrected chi connectivity index (χ1v) is 6.32. The van der Waals surface area contributed by atoms with Crippen LogP contribution in [0.3, 0.4) is 0 Å². The largest absolute Gasteiger partial charge is 0.497 e. The van der Waals surface area contributed by atoms with Crippen LogP contribution in [0.5, 0.6) is 11.5 Å². The summed E-state index contributed by atoms with van der Waals surface area (Å²) >= 11 is 0. The highest BCUT2D eigenvalue weighted by atomic mass is 16.5. The number of rotatable bonds is 4. The minimum absolute atomic E-state index is 0.299. The number of aliphatic hydroxyl groups is 1. The summed E-state index contributed by atoms with van der Waals surface area (Å²) in [6, 6.07) is 4.42. The van der Waals surface area contributed by atoms with Gasteiger partial charge in [0.15, 0.2) is 0 Å². The van der Waals surface area contributed by atoms with Gasteiger partial charge in [0, 0.05) is 19.2 Å². The fourth-order valence-corrected chi connectivity index (χ4v) is 2.05. The highest BCUT2D eigenvalue weighted by Crippen LogP contribution is 2.28. The number of urea groups is 1. The maximum Gasteiger partial charge on any atom is 0.319 e. The normalized spacial score (nSPS) is 21.4. The van der Waals surface area contributed by atoms with Crippen LogP contribution in [0.1, 0.15) is 0 Å². The van der Waals surface area contributed by atoms with E-state index in [4.69, 9.17) is 9.47 Å². The molecule has 0 saturated carbocycles. The van der Waals surface area contributed by atoms with Gasteiger partial charge in [-0.3, -0.25) is 0 Å². The summed E-state index contributed by atoms with van der Waals surface area (Å²) in [5.74, 6) is 1.15. The first-order chi connectivity index (χ1) is 9.63. The van der Waals surface area contributed by atoms with Gasteiger partial charge in [0.2, 0.25) is 0 Å². The lowest BCUT2D eigenvalue weighted by Crippen LogP contribution is -2.44. The van der Waals surface area contributed by atoms with Crippen LogP contribution in [0.25, 0.3) is 0 Å². The molecule has 1 saturated heterocycles. The van der Waals surface area contributed by atoms with Crippen LogP contribution in [0.2, 0.25) is 0 Å². The maximum absolute atomic E-state index is 11.9. The van der Waals surface area contributed by atoms with E-state index in [1.165, 1.54) is 7.11 Å². The molecule has 20 heavy (non-hydrogen) atoms. The lowest BCUT2D eigenvalue weighted by molar-refractivity contribution is 0.164. The van der Waals surface area contributed by atoms with Crippen molar-refractivity contribution < 1.29 is 19.4 Å². The van der Waals surface area contributed by atoms with Gasteiger partial charge in [-0.2, -0.15) is 0 Å². The molecule has 0 unspecified atom stereocenters. The van der Waals surface area contributed by atoms with E-state index in [2.05, 4.69) is 16.0 Å². The Labute approximate surface area is 117 Å². The van der Waals surface area contributed by atoms with Crippen molar-refractivity contribution in [2.45, 2.75) is 12.1 Å². The fraction of sp³-hybridized carbons (Fsp3) is 0.462. The summed E-state index contributed by atoms with van der Waals surface area (Å²) in [5.41, 5.74) is 0.504. The van der Waals surface area contributed by atoms with E-state index in [9.17, 15) is 9.90 Å². The van der Waals surface area contributed by atoms with Gasteiger partial charge in [0.25, 0.3) is 0 Å². The molecule has 2 amide bonds. The smallest absolute Gasteiger partial charge is 0.319 e. The van der Waals surface area contributed by atoms with Crippen LogP contribution in [0, 0.1) is 0 Å². The fourth-order valence-electron chi connectivity index (χ4n) is 2.05. The Morgan fingerprint density at radius 2 is 2.15 bits per heavy atom. The zero-order chi connectivity index (χ0) is 14.5. The number of aliphatic hydroxyl groups excluding tert-OH is 1. The summed E-state index contributed by atoms with van der Waals surface area (Å²) in [5, 5.41) is 18.0. The standard InChI is InChI=1S/C13H19N3O4/c1-19-8-3-4-12(20-2)9(5-8)15-13(18)16-10-6-14-7-11(10)17/h3-5,10-11,14,17H,6-7H2,1-2H3,(H2,15,16,18)/t10-,11-/m1/s1. The molecule has 0 aromatic heterocycles. The Hall–Kier alpha value is -1.99. The van der Waals surface area contributed by atoms with E-state index in [1.54, 1.807) is 25.3 Å². The molecular weight excluding hydrogens is 262 g/mol. The third kappa shape index (κ3) is 3.31. The third-order valence-electron chi connectivity index (χ3n) is 3.15. The van der Waals surface area contributed by atoms with Gasteiger partial charge in [0.1, 0.15) is 11.5 Å². The quantitative estimate of drug-likeness (QED) is 0.631. The predicted octanol–water partition coefficient (Wildman–Crippen LogP) is 0.158. The molecule has 2 rings (SSSR count). The molecule has 7 heteroatoms. The predicted molar refractivity (Wildman–Crippen MR) is 74.4 cm³/mol. The molecule has 0 spiro atoms. The van der Waals surface area contributed by atoms with Crippen LogP contribution in [-0.4, -0.2) is 50.6 Å². The zero-order valence-corrected chi connectivity index (χ0v) is 11.5. The van der Waals surface area contributed by atoms with Crippen molar-refractivity contribution in [3.63, 3.8) is 0 Å². The number of β-amino-alcohol motifs (C(OH)–C–C–N with tert-alkyl or cyclic N) is 1. The van der Waals surface area contributed by atoms with Gasteiger partial charge in [-0.05, 0) is 12.1 Å². The van der Waals surface area contributed by atoms with E-state index in [1.807, 2.05) is 0 Å². The molecule has 1 fully saturated rings. The summed E-state index contributed by atoms with van der Waals surface area (Å²) < 4.78 is 10.3. The second kappa shape index (κ2) is 6.44. The van der Waals surface area contributed by atoms with Crippen LogP contribution in [0.4, 0.5) is 10.5 Å². The number of hydrogen-bond donors (Lipinski definition) is 4. The van der Waals surface area contributed by atoms with Crippen molar-refractivity contribution in [1.29, 1.82) is 0 Å². The number of methoxy groups -OCH3 is 2. The molecule has 0 bridgehead atoms. The van der Waals surface area contributed by atoms with Crippen molar-refractivity contribution in [2.75, 3.05) is 32.6 Å². The highest BCUT2D eigenvalue weighted by Gasteiger charge is 2.26. The Balaban J connectivity index is 2.02. The van der Waals surface area contributed by atoms with E-state index >= 15 is 0 Å². The van der Waals surface area contributed by atoms with Crippen LogP contribution >= 0.6 is 0 Å². The van der Waals surface area contributed by atoms with Crippen LogP contribution in [-0.2, 0) is 0 Å². The molecule has 7 nitrogen and oxygen atoms in total. The minimum Gasteiger partial charge on any atom is -0.497 e. The molecule has 0 radical (unpaired) electrons. The summed E-state index contributed by atoms with van der Waals surface area (Å²) in [7, 11) is 3.07. The van der Waals surface area contributed by atoms with Crippen molar-refractivity contribution in [2.24, 2.45) is 0 Å². The first kappa shape index (κ1) is 14.4. The van der Waals surface area contributed by atoms with Gasteiger partial charge in [-0.15, -0.1) is 0 Å². The Morgan fingerprint density at radius 3 is 2.75 bits per heavy atom. The van der Waals surface area contributed by atoms with Crippen LogP contribution in [0.15, 0.2) is 18.2 Å². The summed E-state index contributed by atoms with van der Waals surface area (Å²) in [6.07, 6.45) is -0.576.